The molecule has 0 aromatic carbocycles. The van der Waals surface area contributed by atoms with E-state index < -0.39 is 12.0 Å². The van der Waals surface area contributed by atoms with Crippen LogP contribution in [0.4, 0.5) is 4.79 Å². The number of urea groups is 1. The third-order valence-corrected chi connectivity index (χ3v) is 4.77. The molecule has 0 radical (unpaired) electrons. The maximum absolute atomic E-state index is 12.4. The van der Waals surface area contributed by atoms with Crippen LogP contribution in [-0.4, -0.2) is 34.1 Å². The molecular weight excluding hydrogens is 288 g/mol. The van der Waals surface area contributed by atoms with Gasteiger partial charge in [-0.3, -0.25) is 0 Å². The van der Waals surface area contributed by atoms with Crippen molar-refractivity contribution in [1.82, 2.24) is 10.2 Å². The van der Waals surface area contributed by atoms with Crippen molar-refractivity contribution in [3.63, 3.8) is 0 Å². The summed E-state index contributed by atoms with van der Waals surface area (Å²) in [6.45, 7) is 4.33. The van der Waals surface area contributed by atoms with Crippen molar-refractivity contribution in [1.29, 1.82) is 0 Å². The first-order chi connectivity index (χ1) is 10.0. The van der Waals surface area contributed by atoms with Gasteiger partial charge >= 0.3 is 12.0 Å². The highest BCUT2D eigenvalue weighted by Gasteiger charge is 2.35. The minimum atomic E-state index is -0.968. The van der Waals surface area contributed by atoms with E-state index in [0.29, 0.717) is 13.0 Å². The highest BCUT2D eigenvalue weighted by atomic mass is 32.1. The summed E-state index contributed by atoms with van der Waals surface area (Å²) < 4.78 is 0. The lowest BCUT2D eigenvalue weighted by atomic mass is 9.99. The normalized spacial score (nSPS) is 17.0. The van der Waals surface area contributed by atoms with E-state index in [2.05, 4.69) is 5.32 Å². The Morgan fingerprint density at radius 2 is 2.24 bits per heavy atom. The SMILES string of the molecule is CCC(C)[C@H](NC(=O)N(Cc1cccs1)C1CC1)C(=O)O. The van der Waals surface area contributed by atoms with Crippen LogP contribution in [0.2, 0.25) is 0 Å². The predicted molar refractivity (Wildman–Crippen MR) is 82.3 cm³/mol. The Bertz CT molecular complexity index is 485. The summed E-state index contributed by atoms with van der Waals surface area (Å²) in [5, 5.41) is 14.0. The van der Waals surface area contributed by atoms with Gasteiger partial charge in [-0.05, 0) is 30.2 Å². The second-order valence-corrected chi connectivity index (χ2v) is 6.62. The molecule has 1 unspecified atom stereocenters. The van der Waals surface area contributed by atoms with Crippen molar-refractivity contribution in [3.05, 3.63) is 22.4 Å². The number of nitrogens with zero attached hydrogens (tertiary/aromatic N) is 1. The molecule has 1 heterocycles. The minimum absolute atomic E-state index is 0.0887. The Hall–Kier alpha value is -1.56. The average molecular weight is 310 g/mol. The Labute approximate surface area is 129 Å². The number of thiophene rings is 1. The molecule has 6 heteroatoms. The first-order valence-corrected chi connectivity index (χ1v) is 8.23. The Balaban J connectivity index is 2.02. The fourth-order valence-electron chi connectivity index (χ4n) is 2.22. The molecule has 1 aromatic rings. The summed E-state index contributed by atoms with van der Waals surface area (Å²) in [6, 6.07) is 3.11. The first-order valence-electron chi connectivity index (χ1n) is 7.35. The van der Waals surface area contributed by atoms with E-state index in [1.54, 1.807) is 16.2 Å². The number of aliphatic carboxylic acids is 1. The zero-order valence-electron chi connectivity index (χ0n) is 12.4. The summed E-state index contributed by atoms with van der Waals surface area (Å²) in [7, 11) is 0. The first kappa shape index (κ1) is 15.8. The lowest BCUT2D eigenvalue weighted by Crippen LogP contribution is -2.50. The number of hydrogen-bond acceptors (Lipinski definition) is 3. The van der Waals surface area contributed by atoms with E-state index in [-0.39, 0.29) is 18.0 Å². The maximum Gasteiger partial charge on any atom is 0.326 e. The van der Waals surface area contributed by atoms with Gasteiger partial charge in [0.15, 0.2) is 0 Å². The van der Waals surface area contributed by atoms with Crippen molar-refractivity contribution >= 4 is 23.3 Å². The highest BCUT2D eigenvalue weighted by molar-refractivity contribution is 7.09. The Kier molecular flexibility index (Phi) is 5.22. The zero-order chi connectivity index (χ0) is 15.4. The third kappa shape index (κ3) is 4.20. The minimum Gasteiger partial charge on any atom is -0.480 e. The van der Waals surface area contributed by atoms with E-state index in [1.165, 1.54) is 0 Å². The van der Waals surface area contributed by atoms with Crippen LogP contribution in [-0.2, 0) is 11.3 Å². The average Bonchev–Trinajstić information content (AvgIpc) is 3.17. The molecule has 0 spiro atoms. The van der Waals surface area contributed by atoms with Gasteiger partial charge in [-0.2, -0.15) is 0 Å². The van der Waals surface area contributed by atoms with Gasteiger partial charge in [0.05, 0.1) is 6.54 Å². The van der Waals surface area contributed by atoms with Crippen LogP contribution >= 0.6 is 11.3 Å². The molecule has 0 saturated heterocycles. The number of nitrogens with one attached hydrogen (secondary N) is 1. The molecule has 1 saturated carbocycles. The van der Waals surface area contributed by atoms with E-state index >= 15 is 0 Å². The number of carboxylic acid groups (broad SMARTS) is 1. The number of carbonyl (C=O) groups is 2. The van der Waals surface area contributed by atoms with Crippen LogP contribution in [0.3, 0.4) is 0 Å². The standard InChI is InChI=1S/C15H22N2O3S/c1-3-10(2)13(14(18)19)16-15(20)17(11-6-7-11)9-12-5-4-8-21-12/h4-5,8,10-11,13H,3,6-7,9H2,1-2H3,(H,16,20)(H,18,19)/t10?,13-/m0/s1. The topological polar surface area (TPSA) is 69.6 Å². The van der Waals surface area contributed by atoms with E-state index in [9.17, 15) is 14.7 Å². The fraction of sp³-hybridized carbons (Fsp3) is 0.600. The molecule has 2 atom stereocenters. The van der Waals surface area contributed by atoms with Gasteiger partial charge < -0.3 is 15.3 Å². The largest absolute Gasteiger partial charge is 0.480 e. The molecule has 5 nitrogen and oxygen atoms in total. The van der Waals surface area contributed by atoms with Gasteiger partial charge in [-0.15, -0.1) is 11.3 Å². The van der Waals surface area contributed by atoms with Crippen LogP contribution in [0.5, 0.6) is 0 Å². The van der Waals surface area contributed by atoms with Crippen molar-refractivity contribution < 1.29 is 14.7 Å². The number of amides is 2. The summed E-state index contributed by atoms with van der Waals surface area (Å²) in [6.07, 6.45) is 2.71. The van der Waals surface area contributed by atoms with Gasteiger partial charge in [-0.25, -0.2) is 9.59 Å². The van der Waals surface area contributed by atoms with Crippen LogP contribution in [0.25, 0.3) is 0 Å². The summed E-state index contributed by atoms with van der Waals surface area (Å²) >= 11 is 1.61. The van der Waals surface area contributed by atoms with Gasteiger partial charge in [0.25, 0.3) is 0 Å². The fourth-order valence-corrected chi connectivity index (χ4v) is 2.93. The molecule has 1 fully saturated rings. The summed E-state index contributed by atoms with van der Waals surface area (Å²) in [4.78, 5) is 26.7. The van der Waals surface area contributed by atoms with Crippen molar-refractivity contribution in [2.75, 3.05) is 0 Å². The van der Waals surface area contributed by atoms with Gasteiger partial charge in [0.2, 0.25) is 0 Å². The van der Waals surface area contributed by atoms with E-state index in [0.717, 1.165) is 17.7 Å². The Morgan fingerprint density at radius 1 is 1.52 bits per heavy atom. The van der Waals surface area contributed by atoms with E-state index in [1.807, 2.05) is 31.4 Å². The quantitative estimate of drug-likeness (QED) is 0.813. The van der Waals surface area contributed by atoms with Crippen molar-refractivity contribution in [2.24, 2.45) is 5.92 Å². The monoisotopic (exact) mass is 310 g/mol. The number of carbonyl (C=O) groups excluding carboxylic acids is 1. The molecule has 116 valence electrons. The maximum atomic E-state index is 12.4. The van der Waals surface area contributed by atoms with Crippen LogP contribution in [0.15, 0.2) is 17.5 Å². The number of carboxylic acids is 1. The van der Waals surface area contributed by atoms with Gasteiger partial charge in [0, 0.05) is 10.9 Å². The highest BCUT2D eigenvalue weighted by Crippen LogP contribution is 2.29. The lowest BCUT2D eigenvalue weighted by molar-refractivity contribution is -0.140. The zero-order valence-corrected chi connectivity index (χ0v) is 13.2. The molecule has 0 bridgehead atoms. The van der Waals surface area contributed by atoms with Crippen LogP contribution in [0, 0.1) is 5.92 Å². The molecule has 0 aliphatic heterocycles. The Morgan fingerprint density at radius 3 is 2.71 bits per heavy atom. The number of rotatable bonds is 7. The number of hydrogen-bond donors (Lipinski definition) is 2. The molecule has 1 aromatic heterocycles. The molecule has 21 heavy (non-hydrogen) atoms. The predicted octanol–water partition coefficient (Wildman–Crippen LogP) is 2.92. The smallest absolute Gasteiger partial charge is 0.326 e. The summed E-state index contributed by atoms with van der Waals surface area (Å²) in [5.41, 5.74) is 0. The third-order valence-electron chi connectivity index (χ3n) is 3.91. The molecule has 1 aliphatic rings. The molecule has 2 amide bonds. The molecule has 1 aliphatic carbocycles. The second-order valence-electron chi connectivity index (χ2n) is 5.59. The molecule has 2 rings (SSSR count). The second kappa shape index (κ2) is 6.93. The van der Waals surface area contributed by atoms with Crippen LogP contribution < -0.4 is 5.32 Å². The summed E-state index contributed by atoms with van der Waals surface area (Å²) in [5.74, 6) is -1.06. The van der Waals surface area contributed by atoms with Crippen molar-refractivity contribution in [3.8, 4) is 0 Å². The van der Waals surface area contributed by atoms with Crippen LogP contribution in [0.1, 0.15) is 38.0 Å². The molecule has 2 N–H and O–H groups in total. The van der Waals surface area contributed by atoms with Gasteiger partial charge in [-0.1, -0.05) is 26.3 Å². The van der Waals surface area contributed by atoms with E-state index in [4.69, 9.17) is 0 Å². The lowest BCUT2D eigenvalue weighted by Gasteiger charge is -2.27. The van der Waals surface area contributed by atoms with Gasteiger partial charge in [0.1, 0.15) is 6.04 Å². The molecular formula is C15H22N2O3S. The van der Waals surface area contributed by atoms with Crippen molar-refractivity contribution in [2.45, 2.75) is 51.7 Å².